The molecule has 0 aliphatic heterocycles. The van der Waals surface area contributed by atoms with Gasteiger partial charge in [0, 0.05) is 11.0 Å². The van der Waals surface area contributed by atoms with Crippen molar-refractivity contribution in [2.75, 3.05) is 0 Å². The molecule has 0 aliphatic rings. The predicted octanol–water partition coefficient (Wildman–Crippen LogP) is 6.50. The molecule has 1 aromatic carbocycles. The molecule has 0 bridgehead atoms. The smallest absolute Gasteiger partial charge is 0.434 e. The topological polar surface area (TPSA) is 98.3 Å². The Morgan fingerprint density at radius 3 is 2.18 bits per heavy atom. The first-order valence-electron chi connectivity index (χ1n) is 11.4. The van der Waals surface area contributed by atoms with Crippen LogP contribution in [0, 0.1) is 0 Å². The maximum atomic E-state index is 12.1. The lowest BCUT2D eigenvalue weighted by Crippen LogP contribution is -2.40. The number of amides is 1. The van der Waals surface area contributed by atoms with Crippen molar-refractivity contribution >= 4 is 26.1 Å². The molecule has 1 N–H and O–H groups in total. The van der Waals surface area contributed by atoms with Crippen LogP contribution in [0.15, 0.2) is 45.8 Å². The van der Waals surface area contributed by atoms with E-state index in [9.17, 15) is 14.7 Å². The average Bonchev–Trinajstić information content (AvgIpc) is 3.13. The Hall–Kier alpha value is -2.71. The molecule has 7 nitrogen and oxygen atoms in total. The van der Waals surface area contributed by atoms with Crippen LogP contribution in [0.2, 0.25) is 18.1 Å². The molecular weight excluding hydrogens is 450 g/mol. The van der Waals surface area contributed by atoms with E-state index in [0.717, 1.165) is 16.9 Å². The van der Waals surface area contributed by atoms with E-state index >= 15 is 0 Å². The van der Waals surface area contributed by atoms with E-state index < -0.39 is 20.4 Å². The summed E-state index contributed by atoms with van der Waals surface area (Å²) in [4.78, 5) is 27.6. The van der Waals surface area contributed by atoms with Crippen LogP contribution in [-0.2, 0) is 39.0 Å². The molecule has 0 saturated carbocycles. The molecule has 0 aliphatic carbocycles. The lowest BCUT2D eigenvalue weighted by molar-refractivity contribution is -0.129. The van der Waals surface area contributed by atoms with Crippen LogP contribution < -0.4 is 0 Å². The van der Waals surface area contributed by atoms with E-state index in [-0.39, 0.29) is 29.2 Å². The highest BCUT2D eigenvalue weighted by molar-refractivity contribution is 6.74. The van der Waals surface area contributed by atoms with Crippen LogP contribution >= 0.6 is 0 Å². The number of carboxylic acids is 1. The van der Waals surface area contributed by atoms with Gasteiger partial charge >= 0.3 is 12.1 Å². The maximum absolute atomic E-state index is 12.1. The zero-order chi connectivity index (χ0) is 25.7. The molecule has 8 heteroatoms. The van der Waals surface area contributed by atoms with E-state index in [4.69, 9.17) is 13.6 Å². The Bertz CT molecular complexity index is 1030. The number of hydrogen-bond donors (Lipinski definition) is 1. The number of nitrogens with zero attached hydrogens (tertiary/aromatic N) is 1. The van der Waals surface area contributed by atoms with Crippen LogP contribution in [0.25, 0.3) is 0 Å². The first kappa shape index (κ1) is 27.5. The summed E-state index contributed by atoms with van der Waals surface area (Å²) in [7, 11) is -1.99. The van der Waals surface area contributed by atoms with Crippen molar-refractivity contribution in [1.29, 1.82) is 0 Å². The Labute approximate surface area is 203 Å². The van der Waals surface area contributed by atoms with Crippen molar-refractivity contribution in [2.45, 2.75) is 84.7 Å². The molecule has 0 radical (unpaired) electrons. The minimum absolute atomic E-state index is 0.0138. The van der Waals surface area contributed by atoms with Gasteiger partial charge in [0.2, 0.25) is 0 Å². The number of benzene rings is 1. The summed E-state index contributed by atoms with van der Waals surface area (Å²) in [5, 5.41) is 9.67. The van der Waals surface area contributed by atoms with Gasteiger partial charge in [-0.05, 0) is 29.8 Å². The Morgan fingerprint density at radius 2 is 1.65 bits per heavy atom. The van der Waals surface area contributed by atoms with Crippen LogP contribution in [-0.4, -0.2) is 31.2 Å². The van der Waals surface area contributed by atoms with E-state index in [0.29, 0.717) is 12.4 Å². The normalized spacial score (nSPS) is 13.1. The number of hydrogen-bond acceptors (Lipinski definition) is 5. The van der Waals surface area contributed by atoms with Gasteiger partial charge in [-0.1, -0.05) is 71.9 Å². The van der Waals surface area contributed by atoms with E-state index in [2.05, 4.69) is 38.9 Å². The zero-order valence-electron chi connectivity index (χ0n) is 21.5. The summed E-state index contributed by atoms with van der Waals surface area (Å²) < 4.78 is 17.5. The van der Waals surface area contributed by atoms with E-state index in [1.54, 1.807) is 12.1 Å². The molecular formula is C26H37NO6Si. The lowest BCUT2D eigenvalue weighted by atomic mass is 9.91. The highest BCUT2D eigenvalue weighted by atomic mass is 28.4. The van der Waals surface area contributed by atoms with Gasteiger partial charge in [-0.15, -0.1) is 0 Å². The third-order valence-corrected chi connectivity index (χ3v) is 10.4. The Morgan fingerprint density at radius 1 is 1.03 bits per heavy atom. The third kappa shape index (κ3) is 7.67. The number of carbonyl (C=O) groups excluding carboxylic acids is 1. The van der Waals surface area contributed by atoms with Gasteiger partial charge in [0.05, 0.1) is 13.0 Å². The van der Waals surface area contributed by atoms with Gasteiger partial charge in [-0.2, -0.15) is 4.99 Å². The summed E-state index contributed by atoms with van der Waals surface area (Å²) in [5.74, 6) is -0.155. The third-order valence-electron chi connectivity index (χ3n) is 5.96. The van der Waals surface area contributed by atoms with Gasteiger partial charge in [0.15, 0.2) is 8.32 Å². The summed E-state index contributed by atoms with van der Waals surface area (Å²) in [6.45, 7) is 17.4. The molecule has 1 heterocycles. The number of carboxylic acid groups (broad SMARTS) is 1. The second-order valence-corrected chi connectivity index (χ2v) is 15.8. The van der Waals surface area contributed by atoms with Crippen LogP contribution in [0.5, 0.6) is 0 Å². The Balaban J connectivity index is 2.21. The minimum Gasteiger partial charge on any atom is -0.477 e. The van der Waals surface area contributed by atoms with Gasteiger partial charge in [-0.3, -0.25) is 0 Å². The fourth-order valence-corrected chi connectivity index (χ4v) is 3.93. The molecule has 0 spiro atoms. The molecule has 1 amide bonds. The number of aliphatic carboxylic acids is 1. The summed E-state index contributed by atoms with van der Waals surface area (Å²) in [6.07, 6.45) is -1.09. The first-order valence-corrected chi connectivity index (χ1v) is 14.3. The number of ether oxygens (including phenoxy) is 1. The van der Waals surface area contributed by atoms with Crippen LogP contribution in [0.3, 0.4) is 0 Å². The molecule has 186 valence electrons. The standard InChI is InChI=1S/C26H37NO6Si/c1-25(2,3)22-19(17-32-34(7,8)26(4,5)6)14-20(33-22)15-21(23(28)29)27-24(30)31-16-18-12-10-9-11-13-18/h9-14H,15-17H2,1-8H3,(H,28,29). The van der Waals surface area contributed by atoms with Crippen molar-refractivity contribution < 1.29 is 28.3 Å². The van der Waals surface area contributed by atoms with Crippen molar-refractivity contribution in [3.8, 4) is 0 Å². The highest BCUT2D eigenvalue weighted by Gasteiger charge is 2.37. The van der Waals surface area contributed by atoms with E-state index in [1.165, 1.54) is 0 Å². The molecule has 2 rings (SSSR count). The average molecular weight is 488 g/mol. The fraction of sp³-hybridized carbons (Fsp3) is 0.500. The van der Waals surface area contributed by atoms with E-state index in [1.807, 2.05) is 45.0 Å². The quantitative estimate of drug-likeness (QED) is 0.337. The molecule has 0 unspecified atom stereocenters. The second kappa shape index (κ2) is 10.7. The summed E-state index contributed by atoms with van der Waals surface area (Å²) in [5.41, 5.74) is 1.02. The number of aliphatic imine (C=N–C) groups is 1. The number of furan rings is 1. The number of rotatable bonds is 8. The van der Waals surface area contributed by atoms with Crippen molar-refractivity contribution in [3.63, 3.8) is 0 Å². The minimum atomic E-state index is -1.99. The second-order valence-electron chi connectivity index (χ2n) is 10.9. The van der Waals surface area contributed by atoms with Crippen molar-refractivity contribution in [3.05, 3.63) is 59.0 Å². The van der Waals surface area contributed by atoms with Gasteiger partial charge in [0.1, 0.15) is 23.8 Å². The fourth-order valence-electron chi connectivity index (χ4n) is 2.98. The lowest BCUT2D eigenvalue weighted by Gasteiger charge is -2.36. The molecule has 0 saturated heterocycles. The number of carbonyl (C=O) groups is 2. The van der Waals surface area contributed by atoms with Crippen LogP contribution in [0.4, 0.5) is 4.79 Å². The maximum Gasteiger partial charge on any atom is 0.434 e. The van der Waals surface area contributed by atoms with Gasteiger partial charge < -0.3 is 18.7 Å². The van der Waals surface area contributed by atoms with Crippen molar-refractivity contribution in [2.24, 2.45) is 4.99 Å². The largest absolute Gasteiger partial charge is 0.477 e. The van der Waals surface area contributed by atoms with Gasteiger partial charge in [-0.25, -0.2) is 9.59 Å². The summed E-state index contributed by atoms with van der Waals surface area (Å²) in [6, 6.07) is 10.9. The highest BCUT2D eigenvalue weighted by Crippen LogP contribution is 2.38. The van der Waals surface area contributed by atoms with Gasteiger partial charge in [0.25, 0.3) is 0 Å². The Kier molecular flexibility index (Phi) is 8.66. The van der Waals surface area contributed by atoms with Crippen molar-refractivity contribution in [1.82, 2.24) is 0 Å². The molecule has 2 aromatic rings. The SMILES string of the molecule is CC(C)(C)c1oc(CC(=NC(=O)OCc2ccccc2)C(=O)O)cc1CO[Si](C)(C)C(C)(C)C. The zero-order valence-corrected chi connectivity index (χ0v) is 22.5. The molecule has 1 aromatic heterocycles. The van der Waals surface area contributed by atoms with Crippen LogP contribution in [0.1, 0.15) is 64.2 Å². The predicted molar refractivity (Wildman–Crippen MR) is 135 cm³/mol. The molecule has 0 atom stereocenters. The summed E-state index contributed by atoms with van der Waals surface area (Å²) >= 11 is 0. The monoisotopic (exact) mass is 487 g/mol. The first-order chi connectivity index (χ1) is 15.6. The molecule has 0 fully saturated rings. The molecule has 34 heavy (non-hydrogen) atoms.